The van der Waals surface area contributed by atoms with Crippen molar-refractivity contribution in [3.05, 3.63) is 0 Å². The van der Waals surface area contributed by atoms with Gasteiger partial charge in [-0.25, -0.2) is 9.80 Å². The van der Waals surface area contributed by atoms with Gasteiger partial charge in [0.25, 0.3) is 0 Å². The molecule has 1 saturated heterocycles. The summed E-state index contributed by atoms with van der Waals surface area (Å²) in [4.78, 5) is 10.4. The summed E-state index contributed by atoms with van der Waals surface area (Å²) in [6.07, 6.45) is 0.777. The molecule has 0 aromatic carbocycles. The maximum atomic E-state index is 10.4. The second kappa shape index (κ2) is 2.68. The van der Waals surface area contributed by atoms with Gasteiger partial charge >= 0.3 is 6.09 Å². The average Bonchev–Trinajstić information content (AvgIpc) is 1.78. The first-order valence-electron chi connectivity index (χ1n) is 2.92. The standard InChI is InChI=1S/C5H10N2O2/c1-9-5(8)6-7-3-2-4-7/h2-4H2,1H3,(H,6,8). The maximum absolute atomic E-state index is 10.4. The Morgan fingerprint density at radius 3 is 2.67 bits per heavy atom. The fourth-order valence-electron chi connectivity index (χ4n) is 0.603. The predicted molar refractivity (Wildman–Crippen MR) is 31.7 cm³/mol. The number of hydrogen-bond acceptors (Lipinski definition) is 3. The van der Waals surface area contributed by atoms with Gasteiger partial charge in [-0.05, 0) is 6.42 Å². The van der Waals surface area contributed by atoms with Gasteiger partial charge in [-0.15, -0.1) is 0 Å². The Bertz CT molecular complexity index is 112. The van der Waals surface area contributed by atoms with Crippen molar-refractivity contribution in [2.24, 2.45) is 0 Å². The summed E-state index contributed by atoms with van der Waals surface area (Å²) in [6, 6.07) is 0. The largest absolute Gasteiger partial charge is 0.452 e. The zero-order chi connectivity index (χ0) is 6.69. The molecule has 1 heterocycles. The summed E-state index contributed by atoms with van der Waals surface area (Å²) < 4.78 is 4.36. The smallest absolute Gasteiger partial charge is 0.421 e. The molecule has 0 unspecified atom stereocenters. The van der Waals surface area contributed by atoms with Gasteiger partial charge in [-0.1, -0.05) is 0 Å². The average molecular weight is 130 g/mol. The molecule has 0 spiro atoms. The number of carbonyl (C=O) groups excluding carboxylic acids is 1. The zero-order valence-electron chi connectivity index (χ0n) is 5.39. The molecule has 0 aliphatic carbocycles. The third-order valence-corrected chi connectivity index (χ3v) is 1.29. The molecule has 1 N–H and O–H groups in total. The number of hydrogen-bond donors (Lipinski definition) is 1. The predicted octanol–water partition coefficient (Wildman–Crippen LogP) is -0.0369. The molecular weight excluding hydrogens is 120 g/mol. The van der Waals surface area contributed by atoms with Crippen molar-refractivity contribution >= 4 is 6.09 Å². The van der Waals surface area contributed by atoms with Crippen LogP contribution in [0.2, 0.25) is 0 Å². The van der Waals surface area contributed by atoms with Crippen LogP contribution in [0.25, 0.3) is 0 Å². The quantitative estimate of drug-likeness (QED) is 0.541. The molecule has 1 aliphatic rings. The zero-order valence-corrected chi connectivity index (χ0v) is 5.39. The minimum Gasteiger partial charge on any atom is -0.452 e. The van der Waals surface area contributed by atoms with Crippen LogP contribution < -0.4 is 5.43 Å². The van der Waals surface area contributed by atoms with Crippen molar-refractivity contribution < 1.29 is 9.53 Å². The summed E-state index contributed by atoms with van der Waals surface area (Å²) in [6.45, 7) is 1.88. The number of ether oxygens (including phenoxy) is 1. The number of amides is 1. The number of methoxy groups -OCH3 is 1. The topological polar surface area (TPSA) is 41.6 Å². The van der Waals surface area contributed by atoms with Crippen LogP contribution in [0.4, 0.5) is 4.79 Å². The highest BCUT2D eigenvalue weighted by atomic mass is 16.5. The summed E-state index contributed by atoms with van der Waals surface area (Å²) in [5, 5.41) is 1.81. The minimum atomic E-state index is -0.380. The van der Waals surface area contributed by atoms with Gasteiger partial charge in [-0.2, -0.15) is 0 Å². The van der Waals surface area contributed by atoms with Crippen LogP contribution in [0.15, 0.2) is 0 Å². The van der Waals surface area contributed by atoms with Gasteiger partial charge in [0, 0.05) is 13.1 Å². The van der Waals surface area contributed by atoms with E-state index in [2.05, 4.69) is 10.2 Å². The van der Waals surface area contributed by atoms with Crippen molar-refractivity contribution in [3.8, 4) is 0 Å². The van der Waals surface area contributed by atoms with E-state index in [0.717, 1.165) is 19.5 Å². The van der Waals surface area contributed by atoms with E-state index >= 15 is 0 Å². The molecule has 52 valence electrons. The van der Waals surface area contributed by atoms with Gasteiger partial charge in [-0.3, -0.25) is 5.43 Å². The lowest BCUT2D eigenvalue weighted by Gasteiger charge is -2.29. The normalized spacial score (nSPS) is 18.3. The molecular formula is C5H10N2O2. The van der Waals surface area contributed by atoms with E-state index in [0.29, 0.717) is 0 Å². The van der Waals surface area contributed by atoms with Gasteiger partial charge in [0.2, 0.25) is 0 Å². The van der Waals surface area contributed by atoms with E-state index in [4.69, 9.17) is 0 Å². The van der Waals surface area contributed by atoms with E-state index in [1.54, 1.807) is 0 Å². The molecule has 1 amide bonds. The van der Waals surface area contributed by atoms with Crippen molar-refractivity contribution in [1.82, 2.24) is 10.4 Å². The van der Waals surface area contributed by atoms with Crippen LogP contribution in [0.1, 0.15) is 6.42 Å². The Morgan fingerprint density at radius 1 is 1.67 bits per heavy atom. The Balaban J connectivity index is 2.09. The van der Waals surface area contributed by atoms with Crippen LogP contribution >= 0.6 is 0 Å². The highest BCUT2D eigenvalue weighted by molar-refractivity contribution is 5.66. The van der Waals surface area contributed by atoms with Crippen LogP contribution in [0, 0.1) is 0 Å². The molecule has 0 bridgehead atoms. The molecule has 1 fully saturated rings. The maximum Gasteiger partial charge on any atom is 0.421 e. The summed E-state index contributed by atoms with van der Waals surface area (Å²) >= 11 is 0. The number of carbonyl (C=O) groups is 1. The van der Waals surface area contributed by atoms with Gasteiger partial charge in [0.05, 0.1) is 7.11 Å². The van der Waals surface area contributed by atoms with E-state index in [-0.39, 0.29) is 6.09 Å². The fourth-order valence-corrected chi connectivity index (χ4v) is 0.603. The third-order valence-electron chi connectivity index (χ3n) is 1.29. The van der Waals surface area contributed by atoms with Gasteiger partial charge in [0.1, 0.15) is 0 Å². The first kappa shape index (κ1) is 6.35. The molecule has 0 radical (unpaired) electrons. The Morgan fingerprint density at radius 2 is 2.33 bits per heavy atom. The Labute approximate surface area is 53.7 Å². The summed E-state index contributed by atoms with van der Waals surface area (Å²) in [5.41, 5.74) is 2.54. The summed E-state index contributed by atoms with van der Waals surface area (Å²) in [7, 11) is 1.36. The molecule has 4 nitrogen and oxygen atoms in total. The van der Waals surface area contributed by atoms with Crippen molar-refractivity contribution in [1.29, 1.82) is 0 Å². The monoisotopic (exact) mass is 130 g/mol. The van der Waals surface area contributed by atoms with Gasteiger partial charge < -0.3 is 4.74 Å². The number of hydrazine groups is 1. The third kappa shape index (κ3) is 1.57. The lowest BCUT2D eigenvalue weighted by atomic mass is 10.3. The molecule has 0 atom stereocenters. The first-order chi connectivity index (χ1) is 4.33. The van der Waals surface area contributed by atoms with Crippen LogP contribution in [0.3, 0.4) is 0 Å². The number of nitrogens with zero attached hydrogens (tertiary/aromatic N) is 1. The first-order valence-corrected chi connectivity index (χ1v) is 2.92. The molecule has 0 saturated carbocycles. The van der Waals surface area contributed by atoms with Crippen molar-refractivity contribution in [2.45, 2.75) is 6.42 Å². The minimum absolute atomic E-state index is 0.380. The second-order valence-electron chi connectivity index (χ2n) is 1.94. The number of nitrogens with one attached hydrogen (secondary N) is 1. The van der Waals surface area contributed by atoms with Crippen molar-refractivity contribution in [2.75, 3.05) is 20.2 Å². The molecule has 1 aliphatic heterocycles. The highest BCUT2D eigenvalue weighted by Gasteiger charge is 2.15. The Kier molecular flexibility index (Phi) is 1.89. The molecule has 0 aromatic rings. The fraction of sp³-hybridized carbons (Fsp3) is 0.800. The van der Waals surface area contributed by atoms with Crippen LogP contribution in [0.5, 0.6) is 0 Å². The number of rotatable bonds is 1. The molecule has 0 aromatic heterocycles. The summed E-state index contributed by atoms with van der Waals surface area (Å²) in [5.74, 6) is 0. The van der Waals surface area contributed by atoms with Crippen LogP contribution in [-0.2, 0) is 4.74 Å². The van der Waals surface area contributed by atoms with E-state index in [1.807, 2.05) is 5.01 Å². The van der Waals surface area contributed by atoms with E-state index in [1.165, 1.54) is 7.11 Å². The van der Waals surface area contributed by atoms with Crippen LogP contribution in [-0.4, -0.2) is 31.3 Å². The SMILES string of the molecule is COC(=O)NN1CCC1. The molecule has 9 heavy (non-hydrogen) atoms. The second-order valence-corrected chi connectivity index (χ2v) is 1.94. The van der Waals surface area contributed by atoms with Crippen molar-refractivity contribution in [3.63, 3.8) is 0 Å². The Hall–Kier alpha value is -0.770. The van der Waals surface area contributed by atoms with Gasteiger partial charge in [0.15, 0.2) is 0 Å². The molecule has 1 rings (SSSR count). The lowest BCUT2D eigenvalue weighted by molar-refractivity contribution is 0.0854. The lowest BCUT2D eigenvalue weighted by Crippen LogP contribution is -2.50. The van der Waals surface area contributed by atoms with E-state index < -0.39 is 0 Å². The highest BCUT2D eigenvalue weighted by Crippen LogP contribution is 2.00. The van der Waals surface area contributed by atoms with E-state index in [9.17, 15) is 4.79 Å². The molecule has 4 heteroatoms.